The number of hydrogen-bond acceptors (Lipinski definition) is 3. The van der Waals surface area contributed by atoms with Crippen LogP contribution in [0, 0.1) is 11.8 Å². The fraction of sp³-hybridized carbons (Fsp3) is 0.750. The predicted molar refractivity (Wildman–Crippen MR) is 46.2 cm³/mol. The summed E-state index contributed by atoms with van der Waals surface area (Å²) in [4.78, 5) is 20.9. The minimum absolute atomic E-state index is 0.0535. The molecule has 0 aliphatic heterocycles. The molecule has 0 fully saturated rings. The van der Waals surface area contributed by atoms with E-state index in [4.69, 9.17) is 15.9 Å². The number of aliphatic carboxylic acids is 2. The van der Waals surface area contributed by atoms with E-state index in [1.807, 2.05) is 0 Å². The molecule has 0 bridgehead atoms. The molecule has 0 aliphatic carbocycles. The topological polar surface area (TPSA) is 101 Å². The van der Waals surface area contributed by atoms with Crippen molar-refractivity contribution in [2.24, 2.45) is 17.6 Å². The van der Waals surface area contributed by atoms with E-state index in [2.05, 4.69) is 0 Å². The van der Waals surface area contributed by atoms with E-state index in [0.29, 0.717) is 0 Å². The first-order valence-corrected chi connectivity index (χ1v) is 4.06. The minimum atomic E-state index is -1.15. The fourth-order valence-corrected chi connectivity index (χ4v) is 1.16. The van der Waals surface area contributed by atoms with Crippen LogP contribution in [0.2, 0.25) is 0 Å². The van der Waals surface area contributed by atoms with Gasteiger partial charge in [-0.25, -0.2) is 0 Å². The van der Waals surface area contributed by atoms with Gasteiger partial charge in [0.2, 0.25) is 0 Å². The number of hydrogen-bond donors (Lipinski definition) is 3. The SMILES string of the molecule is CC(C)[C@@H](CC(=O)O)[C@H](N)C(=O)O. The summed E-state index contributed by atoms with van der Waals surface area (Å²) in [6.07, 6.45) is -0.203. The van der Waals surface area contributed by atoms with Crippen LogP contribution in [-0.4, -0.2) is 28.2 Å². The summed E-state index contributed by atoms with van der Waals surface area (Å²) in [6.45, 7) is 3.52. The highest BCUT2D eigenvalue weighted by Crippen LogP contribution is 2.18. The Morgan fingerprint density at radius 2 is 1.77 bits per heavy atom. The largest absolute Gasteiger partial charge is 0.481 e. The second-order valence-electron chi connectivity index (χ2n) is 3.37. The van der Waals surface area contributed by atoms with E-state index in [1.165, 1.54) is 0 Å². The van der Waals surface area contributed by atoms with Gasteiger partial charge in [0.05, 0.1) is 6.42 Å². The maximum absolute atomic E-state index is 10.5. The van der Waals surface area contributed by atoms with Crippen LogP contribution in [0.25, 0.3) is 0 Å². The van der Waals surface area contributed by atoms with Crippen molar-refractivity contribution in [1.82, 2.24) is 0 Å². The van der Waals surface area contributed by atoms with Gasteiger partial charge in [-0.2, -0.15) is 0 Å². The Labute approximate surface area is 76.5 Å². The molecule has 0 aromatic heterocycles. The van der Waals surface area contributed by atoms with Crippen LogP contribution < -0.4 is 5.73 Å². The molecule has 0 saturated heterocycles. The van der Waals surface area contributed by atoms with Crippen LogP contribution >= 0.6 is 0 Å². The Morgan fingerprint density at radius 1 is 1.31 bits per heavy atom. The van der Waals surface area contributed by atoms with Crippen LogP contribution in [0.15, 0.2) is 0 Å². The second kappa shape index (κ2) is 4.81. The fourth-order valence-electron chi connectivity index (χ4n) is 1.16. The zero-order chi connectivity index (χ0) is 10.6. The van der Waals surface area contributed by atoms with Gasteiger partial charge in [0.15, 0.2) is 0 Å². The smallest absolute Gasteiger partial charge is 0.320 e. The third-order valence-corrected chi connectivity index (χ3v) is 2.01. The molecule has 76 valence electrons. The van der Waals surface area contributed by atoms with Gasteiger partial charge in [-0.1, -0.05) is 13.8 Å². The summed E-state index contributed by atoms with van der Waals surface area (Å²) >= 11 is 0. The lowest BCUT2D eigenvalue weighted by molar-refractivity contribution is -0.142. The van der Waals surface area contributed by atoms with Gasteiger partial charge < -0.3 is 15.9 Å². The van der Waals surface area contributed by atoms with E-state index in [0.717, 1.165) is 0 Å². The maximum Gasteiger partial charge on any atom is 0.320 e. The van der Waals surface area contributed by atoms with E-state index in [-0.39, 0.29) is 12.3 Å². The van der Waals surface area contributed by atoms with E-state index in [9.17, 15) is 9.59 Å². The summed E-state index contributed by atoms with van der Waals surface area (Å²) in [5.41, 5.74) is 5.35. The molecule has 5 heteroatoms. The van der Waals surface area contributed by atoms with Crippen molar-refractivity contribution < 1.29 is 19.8 Å². The first-order valence-electron chi connectivity index (χ1n) is 4.06. The van der Waals surface area contributed by atoms with Crippen molar-refractivity contribution in [3.63, 3.8) is 0 Å². The van der Waals surface area contributed by atoms with Crippen LogP contribution in [0.1, 0.15) is 20.3 Å². The summed E-state index contributed by atoms with van der Waals surface area (Å²) in [5, 5.41) is 17.1. The molecule has 0 unspecified atom stereocenters. The predicted octanol–water partition coefficient (Wildman–Crippen LogP) is 0.145. The van der Waals surface area contributed by atoms with E-state index >= 15 is 0 Å². The number of carboxylic acid groups (broad SMARTS) is 2. The average Bonchev–Trinajstić information content (AvgIpc) is 1.97. The van der Waals surface area contributed by atoms with Gasteiger partial charge in [0.1, 0.15) is 6.04 Å². The van der Waals surface area contributed by atoms with Crippen molar-refractivity contribution in [3.05, 3.63) is 0 Å². The molecular formula is C8H15NO4. The molecule has 5 nitrogen and oxygen atoms in total. The van der Waals surface area contributed by atoms with E-state index in [1.54, 1.807) is 13.8 Å². The van der Waals surface area contributed by atoms with Gasteiger partial charge in [-0.15, -0.1) is 0 Å². The van der Waals surface area contributed by atoms with Crippen molar-refractivity contribution in [2.75, 3.05) is 0 Å². The summed E-state index contributed by atoms with van der Waals surface area (Å²) in [5.74, 6) is -2.74. The van der Waals surface area contributed by atoms with Gasteiger partial charge in [0, 0.05) is 0 Å². The van der Waals surface area contributed by atoms with Gasteiger partial charge in [0.25, 0.3) is 0 Å². The van der Waals surface area contributed by atoms with Crippen LogP contribution in [0.5, 0.6) is 0 Å². The Hall–Kier alpha value is -1.10. The zero-order valence-corrected chi connectivity index (χ0v) is 7.73. The molecule has 0 radical (unpaired) electrons. The van der Waals surface area contributed by atoms with Crippen molar-refractivity contribution in [3.8, 4) is 0 Å². The summed E-state index contributed by atoms with van der Waals surface area (Å²) < 4.78 is 0. The molecule has 0 spiro atoms. The first kappa shape index (κ1) is 11.9. The maximum atomic E-state index is 10.5. The lowest BCUT2D eigenvalue weighted by Gasteiger charge is -2.22. The minimum Gasteiger partial charge on any atom is -0.481 e. The van der Waals surface area contributed by atoms with Gasteiger partial charge in [-0.05, 0) is 11.8 Å². The Bertz CT molecular complexity index is 202. The third kappa shape index (κ3) is 3.89. The molecule has 0 heterocycles. The highest BCUT2D eigenvalue weighted by atomic mass is 16.4. The lowest BCUT2D eigenvalue weighted by Crippen LogP contribution is -2.41. The Morgan fingerprint density at radius 3 is 2.00 bits per heavy atom. The van der Waals surface area contributed by atoms with Crippen LogP contribution in [0.4, 0.5) is 0 Å². The summed E-state index contributed by atoms with van der Waals surface area (Å²) in [7, 11) is 0. The summed E-state index contributed by atoms with van der Waals surface area (Å²) in [6, 6.07) is -1.10. The molecule has 4 N–H and O–H groups in total. The molecule has 2 atom stereocenters. The normalized spacial score (nSPS) is 15.4. The zero-order valence-electron chi connectivity index (χ0n) is 7.73. The third-order valence-electron chi connectivity index (χ3n) is 2.01. The number of carboxylic acids is 2. The van der Waals surface area contributed by atoms with E-state index < -0.39 is 23.9 Å². The van der Waals surface area contributed by atoms with Gasteiger partial charge >= 0.3 is 11.9 Å². The lowest BCUT2D eigenvalue weighted by atomic mass is 9.86. The molecule has 0 aliphatic rings. The Kier molecular flexibility index (Phi) is 4.40. The van der Waals surface area contributed by atoms with Crippen LogP contribution in [0.3, 0.4) is 0 Å². The monoisotopic (exact) mass is 189 g/mol. The molecule has 0 rings (SSSR count). The van der Waals surface area contributed by atoms with Gasteiger partial charge in [-0.3, -0.25) is 9.59 Å². The molecule has 0 amide bonds. The average molecular weight is 189 g/mol. The molecule has 13 heavy (non-hydrogen) atoms. The molecular weight excluding hydrogens is 174 g/mol. The van der Waals surface area contributed by atoms with Crippen molar-refractivity contribution >= 4 is 11.9 Å². The number of rotatable bonds is 5. The number of nitrogens with two attached hydrogens (primary N) is 1. The molecule has 0 aromatic carbocycles. The quantitative estimate of drug-likeness (QED) is 0.571. The number of carbonyl (C=O) groups is 2. The highest BCUT2D eigenvalue weighted by Gasteiger charge is 2.28. The van der Waals surface area contributed by atoms with Crippen LogP contribution in [-0.2, 0) is 9.59 Å². The van der Waals surface area contributed by atoms with Crippen molar-refractivity contribution in [1.29, 1.82) is 0 Å². The second-order valence-corrected chi connectivity index (χ2v) is 3.37. The highest BCUT2D eigenvalue weighted by molar-refractivity contribution is 5.75. The molecule has 0 saturated carbocycles. The standard InChI is InChI=1S/C8H15NO4/c1-4(2)5(3-6(10)11)7(9)8(12)13/h4-5,7H,3,9H2,1-2H3,(H,10,11)(H,12,13)/t5-,7+/m1/s1. The first-order chi connectivity index (χ1) is 5.86. The van der Waals surface area contributed by atoms with Crippen molar-refractivity contribution in [2.45, 2.75) is 26.3 Å². The Balaban J connectivity index is 4.41. The molecule has 0 aromatic rings.